The molecule has 0 radical (unpaired) electrons. The van der Waals surface area contributed by atoms with E-state index in [-0.39, 0.29) is 0 Å². The third-order valence-corrected chi connectivity index (χ3v) is 4.17. The third kappa shape index (κ3) is 3.29. The molecular formula is C14H10Cl2OS. The molecule has 0 aliphatic rings. The molecule has 0 amide bonds. The standard InChI is InChI=1S/C14H10Cl2OS/c15-12-6-5-10(8-17)14(7-12)18-9-11-3-1-2-4-13(11)16/h1-8H,9H2. The molecule has 0 spiro atoms. The van der Waals surface area contributed by atoms with E-state index in [1.54, 1.807) is 30.0 Å². The summed E-state index contributed by atoms with van der Waals surface area (Å²) in [6, 6.07) is 12.9. The van der Waals surface area contributed by atoms with Crippen LogP contribution < -0.4 is 0 Å². The minimum absolute atomic E-state index is 0.627. The van der Waals surface area contributed by atoms with Crippen molar-refractivity contribution in [3.8, 4) is 0 Å². The van der Waals surface area contributed by atoms with E-state index in [9.17, 15) is 4.79 Å². The van der Waals surface area contributed by atoms with E-state index < -0.39 is 0 Å². The molecule has 0 fully saturated rings. The Morgan fingerprint density at radius 2 is 1.89 bits per heavy atom. The number of hydrogen-bond donors (Lipinski definition) is 0. The van der Waals surface area contributed by atoms with E-state index >= 15 is 0 Å². The van der Waals surface area contributed by atoms with Crippen LogP contribution in [0.1, 0.15) is 15.9 Å². The average molecular weight is 297 g/mol. The summed E-state index contributed by atoms with van der Waals surface area (Å²) in [6.45, 7) is 0. The number of rotatable bonds is 4. The van der Waals surface area contributed by atoms with Crippen molar-refractivity contribution in [1.29, 1.82) is 0 Å². The maximum Gasteiger partial charge on any atom is 0.151 e. The van der Waals surface area contributed by atoms with Gasteiger partial charge in [-0.15, -0.1) is 11.8 Å². The van der Waals surface area contributed by atoms with Crippen molar-refractivity contribution < 1.29 is 4.79 Å². The van der Waals surface area contributed by atoms with Crippen molar-refractivity contribution in [1.82, 2.24) is 0 Å². The summed E-state index contributed by atoms with van der Waals surface area (Å²) in [5.41, 5.74) is 1.69. The van der Waals surface area contributed by atoms with E-state index in [2.05, 4.69) is 0 Å². The van der Waals surface area contributed by atoms with E-state index in [1.807, 2.05) is 24.3 Å². The largest absolute Gasteiger partial charge is 0.298 e. The zero-order valence-electron chi connectivity index (χ0n) is 9.40. The van der Waals surface area contributed by atoms with E-state index in [0.717, 1.165) is 21.8 Å². The molecule has 0 bridgehead atoms. The second-order valence-corrected chi connectivity index (χ2v) is 5.54. The van der Waals surface area contributed by atoms with Gasteiger partial charge in [0.2, 0.25) is 0 Å². The Balaban J connectivity index is 2.18. The van der Waals surface area contributed by atoms with Gasteiger partial charge < -0.3 is 0 Å². The first-order valence-electron chi connectivity index (χ1n) is 5.31. The van der Waals surface area contributed by atoms with Crippen LogP contribution in [-0.2, 0) is 5.75 Å². The quantitative estimate of drug-likeness (QED) is 0.577. The molecule has 1 nitrogen and oxygen atoms in total. The molecule has 2 aromatic rings. The number of thioether (sulfide) groups is 1. The molecule has 0 saturated carbocycles. The predicted octanol–water partition coefficient (Wildman–Crippen LogP) is 5.10. The Morgan fingerprint density at radius 1 is 1.11 bits per heavy atom. The van der Waals surface area contributed by atoms with Crippen molar-refractivity contribution in [2.24, 2.45) is 0 Å². The van der Waals surface area contributed by atoms with E-state index in [1.165, 1.54) is 0 Å². The summed E-state index contributed by atoms with van der Waals surface area (Å²) in [4.78, 5) is 11.8. The van der Waals surface area contributed by atoms with Crippen molar-refractivity contribution in [2.45, 2.75) is 10.6 Å². The number of carbonyl (C=O) groups excluding carboxylic acids is 1. The van der Waals surface area contributed by atoms with Crippen LogP contribution in [0.5, 0.6) is 0 Å². The Labute approximate surface area is 120 Å². The second-order valence-electron chi connectivity index (χ2n) is 3.68. The fraction of sp³-hybridized carbons (Fsp3) is 0.0714. The molecule has 0 atom stereocenters. The molecule has 92 valence electrons. The lowest BCUT2D eigenvalue weighted by Crippen LogP contribution is -1.87. The highest BCUT2D eigenvalue weighted by molar-refractivity contribution is 7.98. The molecule has 4 heteroatoms. The zero-order chi connectivity index (χ0) is 13.0. The minimum Gasteiger partial charge on any atom is -0.298 e. The summed E-state index contributed by atoms with van der Waals surface area (Å²) in [5.74, 6) is 0.709. The fourth-order valence-corrected chi connectivity index (χ4v) is 3.08. The van der Waals surface area contributed by atoms with Gasteiger partial charge >= 0.3 is 0 Å². The Morgan fingerprint density at radius 3 is 2.61 bits per heavy atom. The summed E-state index contributed by atoms with van der Waals surface area (Å²) in [7, 11) is 0. The van der Waals surface area contributed by atoms with Crippen LogP contribution in [-0.4, -0.2) is 6.29 Å². The lowest BCUT2D eigenvalue weighted by Gasteiger charge is -2.06. The van der Waals surface area contributed by atoms with E-state index in [0.29, 0.717) is 16.3 Å². The number of hydrogen-bond acceptors (Lipinski definition) is 2. The van der Waals surface area contributed by atoms with Crippen LogP contribution in [0.3, 0.4) is 0 Å². The van der Waals surface area contributed by atoms with Gasteiger partial charge in [0.25, 0.3) is 0 Å². The van der Waals surface area contributed by atoms with Gasteiger partial charge in [0.15, 0.2) is 6.29 Å². The van der Waals surface area contributed by atoms with Gasteiger partial charge in [0.05, 0.1) is 0 Å². The van der Waals surface area contributed by atoms with Crippen LogP contribution in [0.15, 0.2) is 47.4 Å². The smallest absolute Gasteiger partial charge is 0.151 e. The van der Waals surface area contributed by atoms with Crippen LogP contribution in [0.2, 0.25) is 10.0 Å². The van der Waals surface area contributed by atoms with Crippen LogP contribution in [0.4, 0.5) is 0 Å². The molecule has 0 aliphatic heterocycles. The second kappa shape index (κ2) is 6.28. The Bertz CT molecular complexity index is 569. The fourth-order valence-electron chi connectivity index (χ4n) is 1.50. The first-order valence-corrected chi connectivity index (χ1v) is 7.06. The summed E-state index contributed by atoms with van der Waals surface area (Å²) in [5, 5.41) is 1.36. The Kier molecular flexibility index (Phi) is 4.70. The first kappa shape index (κ1) is 13.5. The monoisotopic (exact) mass is 296 g/mol. The van der Waals surface area contributed by atoms with E-state index in [4.69, 9.17) is 23.2 Å². The lowest BCUT2D eigenvalue weighted by atomic mass is 10.2. The maximum absolute atomic E-state index is 10.9. The number of carbonyl (C=O) groups is 1. The number of halogens is 2. The average Bonchev–Trinajstić information content (AvgIpc) is 2.38. The molecule has 0 unspecified atom stereocenters. The highest BCUT2D eigenvalue weighted by atomic mass is 35.5. The molecule has 2 aromatic carbocycles. The summed E-state index contributed by atoms with van der Waals surface area (Å²) < 4.78 is 0. The molecular weight excluding hydrogens is 287 g/mol. The molecule has 0 heterocycles. The van der Waals surface area contributed by atoms with Gasteiger partial charge in [-0.25, -0.2) is 0 Å². The molecule has 0 aliphatic carbocycles. The summed E-state index contributed by atoms with van der Waals surface area (Å²) >= 11 is 13.6. The Hall–Kier alpha value is -0.960. The number of aldehydes is 1. The van der Waals surface area contributed by atoms with Gasteiger partial charge in [0.1, 0.15) is 0 Å². The third-order valence-electron chi connectivity index (χ3n) is 2.44. The lowest BCUT2D eigenvalue weighted by molar-refractivity contribution is 0.112. The molecule has 0 saturated heterocycles. The summed E-state index contributed by atoms with van der Waals surface area (Å²) in [6.07, 6.45) is 0.839. The molecule has 0 N–H and O–H groups in total. The van der Waals surface area contributed by atoms with Gasteiger partial charge in [-0.2, -0.15) is 0 Å². The normalized spacial score (nSPS) is 10.3. The topological polar surface area (TPSA) is 17.1 Å². The SMILES string of the molecule is O=Cc1ccc(Cl)cc1SCc1ccccc1Cl. The first-order chi connectivity index (χ1) is 8.70. The maximum atomic E-state index is 10.9. The van der Waals surface area contributed by atoms with Crippen LogP contribution in [0.25, 0.3) is 0 Å². The minimum atomic E-state index is 0.627. The highest BCUT2D eigenvalue weighted by Crippen LogP contribution is 2.30. The number of benzene rings is 2. The van der Waals surface area contributed by atoms with Crippen molar-refractivity contribution in [3.63, 3.8) is 0 Å². The molecule has 0 aromatic heterocycles. The van der Waals surface area contributed by atoms with Crippen molar-refractivity contribution in [2.75, 3.05) is 0 Å². The van der Waals surface area contributed by atoms with Crippen molar-refractivity contribution >= 4 is 41.2 Å². The van der Waals surface area contributed by atoms with Gasteiger partial charge in [0, 0.05) is 26.3 Å². The van der Waals surface area contributed by atoms with Gasteiger partial charge in [-0.05, 0) is 29.8 Å². The molecule has 18 heavy (non-hydrogen) atoms. The highest BCUT2D eigenvalue weighted by Gasteiger charge is 2.05. The zero-order valence-corrected chi connectivity index (χ0v) is 11.7. The molecule has 2 rings (SSSR count). The van der Waals surface area contributed by atoms with Gasteiger partial charge in [-0.3, -0.25) is 4.79 Å². The van der Waals surface area contributed by atoms with Gasteiger partial charge in [-0.1, -0.05) is 41.4 Å². The van der Waals surface area contributed by atoms with Crippen molar-refractivity contribution in [3.05, 3.63) is 63.6 Å². The van der Waals surface area contributed by atoms with Crippen LogP contribution in [0, 0.1) is 0 Å². The van der Waals surface area contributed by atoms with Crippen LogP contribution >= 0.6 is 35.0 Å². The predicted molar refractivity (Wildman–Crippen MR) is 77.9 cm³/mol.